The summed E-state index contributed by atoms with van der Waals surface area (Å²) in [5.74, 6) is 0. The fraction of sp³-hybridized carbons (Fsp3) is 0.280. The Morgan fingerprint density at radius 1 is 1.00 bits per heavy atom. The van der Waals surface area contributed by atoms with E-state index in [1.165, 1.54) is 23.4 Å². The summed E-state index contributed by atoms with van der Waals surface area (Å²) >= 11 is 0. The van der Waals surface area contributed by atoms with Crippen LogP contribution >= 0.6 is 0 Å². The summed E-state index contributed by atoms with van der Waals surface area (Å²) in [5.41, 5.74) is 3.49. The Labute approximate surface area is 194 Å². The van der Waals surface area contributed by atoms with Gasteiger partial charge in [0.15, 0.2) is 0 Å². The van der Waals surface area contributed by atoms with Crippen LogP contribution in [0.5, 0.6) is 0 Å². The number of hydrogen-bond acceptors (Lipinski definition) is 3. The normalized spacial score (nSPS) is 15.2. The highest BCUT2D eigenvalue weighted by atomic mass is 32.2. The molecule has 4 rings (SSSR count). The topological polar surface area (TPSA) is 44.4 Å². The molecule has 0 spiro atoms. The predicted molar refractivity (Wildman–Crippen MR) is 127 cm³/mol. The third-order valence-corrected chi connectivity index (χ3v) is 6.94. The highest BCUT2D eigenvalue weighted by Crippen LogP contribution is 2.30. The summed E-state index contributed by atoms with van der Waals surface area (Å²) in [4.78, 5) is 3.01. The molecule has 2 atom stereocenters. The predicted octanol–water partition coefficient (Wildman–Crippen LogP) is 5.38. The Bertz CT molecular complexity index is 1100. The van der Waals surface area contributed by atoms with Gasteiger partial charge in [-0.2, -0.15) is 13.2 Å². The fourth-order valence-electron chi connectivity index (χ4n) is 3.92. The van der Waals surface area contributed by atoms with Gasteiger partial charge in [0.05, 0.1) is 10.5 Å². The molecule has 0 fully saturated rings. The van der Waals surface area contributed by atoms with Gasteiger partial charge in [-0.25, -0.2) is 8.93 Å². The highest BCUT2D eigenvalue weighted by molar-refractivity contribution is 7.83. The van der Waals surface area contributed by atoms with Gasteiger partial charge in [-0.15, -0.1) is 0 Å². The maximum atomic E-state index is 12.7. The van der Waals surface area contributed by atoms with Crippen LogP contribution in [0.2, 0.25) is 0 Å². The lowest BCUT2D eigenvalue weighted by Gasteiger charge is -2.27. The van der Waals surface area contributed by atoms with E-state index in [1.54, 1.807) is 12.1 Å². The average molecular weight is 474 g/mol. The Hall–Kier alpha value is -2.84. The van der Waals surface area contributed by atoms with Crippen LogP contribution in [-0.2, 0) is 30.1 Å². The first kappa shape index (κ1) is 23.3. The molecule has 2 unspecified atom stereocenters. The molecule has 0 amide bonds. The first-order valence-corrected chi connectivity index (χ1v) is 12.0. The molecule has 1 heterocycles. The second-order valence-corrected chi connectivity index (χ2v) is 9.41. The van der Waals surface area contributed by atoms with Gasteiger partial charge in [-0.05, 0) is 66.9 Å². The highest BCUT2D eigenvalue weighted by Gasteiger charge is 2.29. The Kier molecular flexibility index (Phi) is 7.05. The molecule has 0 aromatic heterocycles. The zero-order valence-corrected chi connectivity index (χ0v) is 19.0. The number of halogens is 3. The first-order valence-electron chi connectivity index (χ1n) is 10.8. The summed E-state index contributed by atoms with van der Waals surface area (Å²) in [6, 6.07) is 20.9. The molecule has 4 nitrogen and oxygen atoms in total. The van der Waals surface area contributed by atoms with Crippen LogP contribution in [0, 0.1) is 0 Å². The Balaban J connectivity index is 1.27. The zero-order valence-electron chi connectivity index (χ0n) is 18.2. The summed E-state index contributed by atoms with van der Waals surface area (Å²) in [7, 11) is -1.33. The van der Waals surface area contributed by atoms with Crippen molar-refractivity contribution in [3.05, 3.63) is 89.5 Å². The van der Waals surface area contributed by atoms with E-state index in [0.29, 0.717) is 18.0 Å². The van der Waals surface area contributed by atoms with E-state index in [2.05, 4.69) is 40.1 Å². The minimum Gasteiger partial charge on any atom is -0.381 e. The van der Waals surface area contributed by atoms with Crippen LogP contribution in [0.25, 0.3) is 0 Å². The summed E-state index contributed by atoms with van der Waals surface area (Å²) < 4.78 is 53.8. The van der Waals surface area contributed by atoms with E-state index in [1.807, 2.05) is 18.2 Å². The lowest BCUT2D eigenvalue weighted by Crippen LogP contribution is -2.40. The maximum Gasteiger partial charge on any atom is 0.416 e. The van der Waals surface area contributed by atoms with Crippen LogP contribution in [0.4, 0.5) is 24.5 Å². The number of alkyl halides is 3. The molecule has 0 saturated carbocycles. The molecule has 3 aromatic carbocycles. The van der Waals surface area contributed by atoms with Crippen molar-refractivity contribution in [2.24, 2.45) is 0 Å². The van der Waals surface area contributed by atoms with Gasteiger partial charge in [0.2, 0.25) is 0 Å². The molecule has 174 valence electrons. The van der Waals surface area contributed by atoms with Gasteiger partial charge < -0.3 is 10.2 Å². The quantitative estimate of drug-likeness (QED) is 0.462. The zero-order chi connectivity index (χ0) is 23.4. The lowest BCUT2D eigenvalue weighted by molar-refractivity contribution is -0.137. The smallest absolute Gasteiger partial charge is 0.381 e. The van der Waals surface area contributed by atoms with Crippen molar-refractivity contribution in [3.8, 4) is 0 Å². The molecular formula is C25H26F3N3OS. The first-order chi connectivity index (χ1) is 15.8. The second-order valence-electron chi connectivity index (χ2n) is 8.11. The minimum atomic E-state index is -4.33. The molecule has 0 bridgehead atoms. The van der Waals surface area contributed by atoms with E-state index in [-0.39, 0.29) is 6.04 Å². The number of rotatable bonds is 8. The van der Waals surface area contributed by atoms with Crippen LogP contribution in [-0.4, -0.2) is 23.3 Å². The number of hydrogen-bond donors (Lipinski definition) is 2. The average Bonchev–Trinajstić information content (AvgIpc) is 3.25. The van der Waals surface area contributed by atoms with Crippen molar-refractivity contribution in [3.63, 3.8) is 0 Å². The van der Waals surface area contributed by atoms with Crippen LogP contribution in [0.3, 0.4) is 0 Å². The largest absolute Gasteiger partial charge is 0.416 e. The molecule has 8 heteroatoms. The molecule has 1 aliphatic heterocycles. The Morgan fingerprint density at radius 3 is 2.39 bits per heavy atom. The van der Waals surface area contributed by atoms with E-state index in [9.17, 15) is 17.4 Å². The van der Waals surface area contributed by atoms with Gasteiger partial charge in [-0.3, -0.25) is 0 Å². The summed E-state index contributed by atoms with van der Waals surface area (Å²) in [6.07, 6.45) is -3.30. The van der Waals surface area contributed by atoms with Crippen molar-refractivity contribution in [2.45, 2.75) is 37.0 Å². The van der Waals surface area contributed by atoms with Crippen molar-refractivity contribution in [1.29, 1.82) is 0 Å². The minimum absolute atomic E-state index is 0.210. The van der Waals surface area contributed by atoms with Crippen molar-refractivity contribution in [2.75, 3.05) is 23.3 Å². The number of nitrogens with zero attached hydrogens (tertiary/aromatic N) is 1. The number of nitrogens with one attached hydrogen (secondary N) is 2. The third kappa shape index (κ3) is 5.75. The van der Waals surface area contributed by atoms with Gasteiger partial charge >= 0.3 is 6.18 Å². The van der Waals surface area contributed by atoms with E-state index < -0.39 is 22.7 Å². The van der Waals surface area contributed by atoms with Crippen LogP contribution < -0.4 is 14.9 Å². The fourth-order valence-corrected chi connectivity index (χ4v) is 4.87. The molecule has 0 saturated heterocycles. The maximum absolute atomic E-state index is 12.7. The van der Waals surface area contributed by atoms with Crippen molar-refractivity contribution in [1.82, 2.24) is 4.72 Å². The Morgan fingerprint density at radius 2 is 1.70 bits per heavy atom. The van der Waals surface area contributed by atoms with Gasteiger partial charge in [0, 0.05) is 37.1 Å². The standard InChI is InChI=1S/C25H26F3N3OS/c1-18(31-15-14-20-4-2-3-5-24(20)31)16-30-33(32)23-12-10-22(11-13-23)29-17-19-6-8-21(9-7-19)25(26,27)28/h2-13,18,29-30H,14-17H2,1H3. The molecule has 1 aliphatic rings. The molecule has 2 N–H and O–H groups in total. The van der Waals surface area contributed by atoms with E-state index in [0.717, 1.165) is 36.3 Å². The van der Waals surface area contributed by atoms with Crippen molar-refractivity contribution >= 4 is 22.4 Å². The molecule has 3 aromatic rings. The summed E-state index contributed by atoms with van der Waals surface area (Å²) in [5, 5.41) is 3.17. The van der Waals surface area contributed by atoms with Gasteiger partial charge in [-0.1, -0.05) is 30.3 Å². The van der Waals surface area contributed by atoms with Crippen LogP contribution in [0.1, 0.15) is 23.6 Å². The van der Waals surface area contributed by atoms with Crippen LogP contribution in [0.15, 0.2) is 77.7 Å². The van der Waals surface area contributed by atoms with Gasteiger partial charge in [0.25, 0.3) is 0 Å². The SMILES string of the molecule is CC(CNS(=O)c1ccc(NCc2ccc(C(F)(F)F)cc2)cc1)N1CCc2ccccc21. The van der Waals surface area contributed by atoms with Gasteiger partial charge in [0.1, 0.15) is 11.0 Å². The molecule has 33 heavy (non-hydrogen) atoms. The van der Waals surface area contributed by atoms with E-state index >= 15 is 0 Å². The summed E-state index contributed by atoms with van der Waals surface area (Å²) in [6.45, 7) is 4.08. The lowest BCUT2D eigenvalue weighted by atomic mass is 10.1. The number of benzene rings is 3. The number of para-hydroxylation sites is 1. The van der Waals surface area contributed by atoms with E-state index in [4.69, 9.17) is 0 Å². The number of anilines is 2. The second kappa shape index (κ2) is 9.97. The number of fused-ring (bicyclic) bond motifs is 1. The molecular weight excluding hydrogens is 447 g/mol. The third-order valence-electron chi connectivity index (χ3n) is 5.81. The monoisotopic (exact) mass is 473 g/mol. The molecule has 0 radical (unpaired) electrons. The van der Waals surface area contributed by atoms with Crippen molar-refractivity contribution < 1.29 is 17.4 Å². The molecule has 0 aliphatic carbocycles.